The minimum atomic E-state index is -1.02. The van der Waals surface area contributed by atoms with E-state index < -0.39 is 5.97 Å². The number of hydrogen-bond donors (Lipinski definition) is 1. The van der Waals surface area contributed by atoms with Crippen LogP contribution in [0.1, 0.15) is 16.1 Å². The van der Waals surface area contributed by atoms with Gasteiger partial charge in [0.15, 0.2) is 0 Å². The molecule has 0 bridgehead atoms. The monoisotopic (exact) mass is 233 g/mol. The lowest BCUT2D eigenvalue weighted by Crippen LogP contribution is -2.03. The summed E-state index contributed by atoms with van der Waals surface area (Å²) in [4.78, 5) is 18.5. The van der Waals surface area contributed by atoms with Crippen LogP contribution in [-0.2, 0) is 13.7 Å². The first-order chi connectivity index (χ1) is 8.16. The molecule has 6 nitrogen and oxygen atoms in total. The summed E-state index contributed by atoms with van der Waals surface area (Å²) in [6.45, 7) is 0.321. The van der Waals surface area contributed by atoms with Crippen LogP contribution >= 0.6 is 0 Å². The van der Waals surface area contributed by atoms with Crippen molar-refractivity contribution in [3.63, 3.8) is 0 Å². The maximum atomic E-state index is 10.7. The van der Waals surface area contributed by atoms with Crippen molar-refractivity contribution in [3.8, 4) is 5.75 Å². The van der Waals surface area contributed by atoms with Gasteiger partial charge in [-0.3, -0.25) is 4.98 Å². The van der Waals surface area contributed by atoms with E-state index in [0.717, 1.165) is 5.69 Å². The van der Waals surface area contributed by atoms with Crippen LogP contribution in [0.3, 0.4) is 0 Å². The van der Waals surface area contributed by atoms with E-state index >= 15 is 0 Å². The van der Waals surface area contributed by atoms with Crippen molar-refractivity contribution in [1.82, 2.24) is 14.5 Å². The number of hydrogen-bond acceptors (Lipinski definition) is 4. The molecular weight excluding hydrogens is 222 g/mol. The lowest BCUT2D eigenvalue weighted by Gasteiger charge is -2.06. The van der Waals surface area contributed by atoms with Crippen molar-refractivity contribution < 1.29 is 14.6 Å². The molecule has 0 aliphatic carbocycles. The molecule has 17 heavy (non-hydrogen) atoms. The van der Waals surface area contributed by atoms with Crippen LogP contribution in [-0.4, -0.2) is 25.6 Å². The molecule has 0 aliphatic rings. The molecule has 0 amide bonds. The first kappa shape index (κ1) is 11.1. The van der Waals surface area contributed by atoms with Gasteiger partial charge < -0.3 is 14.4 Å². The molecule has 0 spiro atoms. The number of nitrogens with zero attached hydrogens (tertiary/aromatic N) is 3. The van der Waals surface area contributed by atoms with E-state index in [1.165, 1.54) is 18.5 Å². The number of aryl methyl sites for hydroxylation is 1. The first-order valence-electron chi connectivity index (χ1n) is 4.93. The Morgan fingerprint density at radius 3 is 2.88 bits per heavy atom. The molecule has 1 N–H and O–H groups in total. The Kier molecular flexibility index (Phi) is 3.04. The minimum Gasteiger partial charge on any atom is -0.486 e. The summed E-state index contributed by atoms with van der Waals surface area (Å²) in [6, 6.07) is 1.44. The number of carboxylic acids is 1. The van der Waals surface area contributed by atoms with Gasteiger partial charge in [-0.15, -0.1) is 0 Å². The Morgan fingerprint density at radius 1 is 1.41 bits per heavy atom. The van der Waals surface area contributed by atoms with Gasteiger partial charge in [-0.05, 0) is 6.07 Å². The Morgan fingerprint density at radius 2 is 2.24 bits per heavy atom. The molecule has 0 fully saturated rings. The highest BCUT2D eigenvalue weighted by molar-refractivity contribution is 5.87. The zero-order chi connectivity index (χ0) is 12.3. The zero-order valence-corrected chi connectivity index (χ0v) is 9.20. The van der Waals surface area contributed by atoms with Crippen molar-refractivity contribution in [2.75, 3.05) is 0 Å². The number of ether oxygens (including phenoxy) is 1. The van der Waals surface area contributed by atoms with Gasteiger partial charge in [-0.25, -0.2) is 9.78 Å². The highest BCUT2D eigenvalue weighted by atomic mass is 16.5. The highest BCUT2D eigenvalue weighted by Crippen LogP contribution is 2.13. The molecule has 2 aromatic heterocycles. The van der Waals surface area contributed by atoms with Crippen molar-refractivity contribution in [3.05, 3.63) is 42.2 Å². The van der Waals surface area contributed by atoms with E-state index in [2.05, 4.69) is 9.97 Å². The van der Waals surface area contributed by atoms with Gasteiger partial charge >= 0.3 is 5.97 Å². The summed E-state index contributed by atoms with van der Waals surface area (Å²) in [6.07, 6.45) is 6.11. The third kappa shape index (κ3) is 2.60. The van der Waals surface area contributed by atoms with Gasteiger partial charge in [0.1, 0.15) is 12.4 Å². The smallest absolute Gasteiger partial charge is 0.337 e. The molecule has 0 saturated carbocycles. The molecule has 2 heterocycles. The summed E-state index contributed by atoms with van der Waals surface area (Å²) < 4.78 is 7.26. The maximum absolute atomic E-state index is 10.7. The van der Waals surface area contributed by atoms with Crippen molar-refractivity contribution in [2.24, 2.45) is 7.05 Å². The number of pyridine rings is 1. The number of rotatable bonds is 4. The summed E-state index contributed by atoms with van der Waals surface area (Å²) >= 11 is 0. The van der Waals surface area contributed by atoms with Crippen LogP contribution in [0.25, 0.3) is 0 Å². The first-order valence-corrected chi connectivity index (χ1v) is 4.93. The van der Waals surface area contributed by atoms with Crippen molar-refractivity contribution in [2.45, 2.75) is 6.61 Å². The van der Waals surface area contributed by atoms with Gasteiger partial charge in [0, 0.05) is 13.2 Å². The summed E-state index contributed by atoms with van der Waals surface area (Å²) in [5, 5.41) is 8.80. The molecule has 6 heteroatoms. The Labute approximate surface area is 97.5 Å². The van der Waals surface area contributed by atoms with E-state index in [0.29, 0.717) is 12.4 Å². The summed E-state index contributed by atoms with van der Waals surface area (Å²) in [7, 11) is 1.86. The Hall–Kier alpha value is -2.37. The average molecular weight is 233 g/mol. The van der Waals surface area contributed by atoms with Gasteiger partial charge in [0.25, 0.3) is 0 Å². The third-order valence-electron chi connectivity index (χ3n) is 2.26. The van der Waals surface area contributed by atoms with E-state index in [1.807, 2.05) is 11.6 Å². The molecule has 0 unspecified atom stereocenters. The predicted octanol–water partition coefficient (Wildman–Crippen LogP) is 1.09. The number of aromatic carboxylic acids is 1. The van der Waals surface area contributed by atoms with Gasteiger partial charge in [-0.1, -0.05) is 0 Å². The number of carboxylic acid groups (broad SMARTS) is 1. The normalized spacial score (nSPS) is 10.2. The molecular formula is C11H11N3O3. The van der Waals surface area contributed by atoms with E-state index in [-0.39, 0.29) is 5.56 Å². The van der Waals surface area contributed by atoms with Crippen molar-refractivity contribution in [1.29, 1.82) is 0 Å². The molecule has 0 aliphatic heterocycles. The summed E-state index contributed by atoms with van der Waals surface area (Å²) in [5.41, 5.74) is 0.998. The molecule has 0 aromatic carbocycles. The molecule has 2 rings (SSSR count). The van der Waals surface area contributed by atoms with Gasteiger partial charge in [-0.2, -0.15) is 0 Å². The Balaban J connectivity index is 2.07. The minimum absolute atomic E-state index is 0.104. The molecule has 0 saturated heterocycles. The summed E-state index contributed by atoms with van der Waals surface area (Å²) in [5.74, 6) is -0.602. The Bertz CT molecular complexity index is 536. The fourth-order valence-electron chi connectivity index (χ4n) is 1.30. The molecule has 2 aromatic rings. The highest BCUT2D eigenvalue weighted by Gasteiger charge is 2.05. The second kappa shape index (κ2) is 4.65. The number of aromatic nitrogens is 3. The predicted molar refractivity (Wildman–Crippen MR) is 58.7 cm³/mol. The van der Waals surface area contributed by atoms with Crippen LogP contribution in [0.2, 0.25) is 0 Å². The fraction of sp³-hybridized carbons (Fsp3) is 0.182. The lowest BCUT2D eigenvalue weighted by atomic mass is 10.3. The maximum Gasteiger partial charge on any atom is 0.337 e. The standard InChI is InChI=1S/C11H11N3O3/c1-14-7-13-4-9(14)6-17-10-2-8(11(15)16)3-12-5-10/h2-5,7H,6H2,1H3,(H,15,16). The molecule has 88 valence electrons. The van der Waals surface area contributed by atoms with E-state index in [1.54, 1.807) is 12.5 Å². The third-order valence-corrected chi connectivity index (χ3v) is 2.26. The largest absolute Gasteiger partial charge is 0.486 e. The van der Waals surface area contributed by atoms with Crippen LogP contribution in [0.4, 0.5) is 0 Å². The topological polar surface area (TPSA) is 77.2 Å². The molecule has 0 atom stereocenters. The average Bonchev–Trinajstić information content (AvgIpc) is 2.72. The molecule has 0 radical (unpaired) electrons. The van der Waals surface area contributed by atoms with Crippen molar-refractivity contribution >= 4 is 5.97 Å². The fourth-order valence-corrected chi connectivity index (χ4v) is 1.30. The number of carbonyl (C=O) groups is 1. The quantitative estimate of drug-likeness (QED) is 0.855. The van der Waals surface area contributed by atoms with Gasteiger partial charge in [0.2, 0.25) is 0 Å². The van der Waals surface area contributed by atoms with Gasteiger partial charge in [0.05, 0.1) is 30.0 Å². The SMILES string of the molecule is Cn1cncc1COc1cncc(C(=O)O)c1. The van der Waals surface area contributed by atoms with Crippen LogP contribution in [0.5, 0.6) is 5.75 Å². The zero-order valence-electron chi connectivity index (χ0n) is 9.20. The number of imidazole rings is 1. The van der Waals surface area contributed by atoms with Crippen LogP contribution in [0.15, 0.2) is 31.0 Å². The van der Waals surface area contributed by atoms with Crippen LogP contribution in [0, 0.1) is 0 Å². The second-order valence-corrected chi connectivity index (χ2v) is 3.50. The van der Waals surface area contributed by atoms with Crippen LogP contribution < -0.4 is 4.74 Å². The van der Waals surface area contributed by atoms with E-state index in [4.69, 9.17) is 9.84 Å². The van der Waals surface area contributed by atoms with E-state index in [9.17, 15) is 4.79 Å². The second-order valence-electron chi connectivity index (χ2n) is 3.50. The lowest BCUT2D eigenvalue weighted by molar-refractivity contribution is 0.0696.